The van der Waals surface area contributed by atoms with Crippen molar-refractivity contribution in [2.24, 2.45) is 0 Å². The van der Waals surface area contributed by atoms with E-state index in [1.165, 1.54) is 17.4 Å². The zero-order chi connectivity index (χ0) is 25.1. The van der Waals surface area contributed by atoms with Gasteiger partial charge in [0.1, 0.15) is 5.75 Å². The predicted molar refractivity (Wildman–Crippen MR) is 142 cm³/mol. The maximum absolute atomic E-state index is 12.9. The topological polar surface area (TPSA) is 67.9 Å². The van der Waals surface area contributed by atoms with Gasteiger partial charge in [0.25, 0.3) is 11.8 Å². The van der Waals surface area contributed by atoms with Gasteiger partial charge in [0.15, 0.2) is 5.75 Å². The van der Waals surface area contributed by atoms with E-state index in [0.717, 1.165) is 21.9 Å². The van der Waals surface area contributed by atoms with E-state index in [4.69, 9.17) is 9.57 Å². The molecule has 5 aromatic carbocycles. The summed E-state index contributed by atoms with van der Waals surface area (Å²) in [7, 11) is 3.25. The Morgan fingerprint density at radius 1 is 0.639 bits per heavy atom. The summed E-state index contributed by atoms with van der Waals surface area (Å²) in [4.78, 5) is 32.1. The molecule has 178 valence electrons. The lowest BCUT2D eigenvalue weighted by Gasteiger charge is -2.16. The lowest BCUT2D eigenvalue weighted by atomic mass is 10.1. The lowest BCUT2D eigenvalue weighted by Crippen LogP contribution is -2.29. The molecule has 0 spiro atoms. The molecule has 1 N–H and O–H groups in total. The Hall–Kier alpha value is -4.68. The van der Waals surface area contributed by atoms with E-state index in [9.17, 15) is 9.59 Å². The summed E-state index contributed by atoms with van der Waals surface area (Å²) in [5, 5.41) is 4.16. The summed E-state index contributed by atoms with van der Waals surface area (Å²) in [5.74, 6) is 0.614. The fourth-order valence-corrected chi connectivity index (χ4v) is 4.44. The largest absolute Gasteiger partial charge is 0.496 e. The summed E-state index contributed by atoms with van der Waals surface area (Å²) >= 11 is 0. The van der Waals surface area contributed by atoms with E-state index in [-0.39, 0.29) is 11.8 Å². The minimum absolute atomic E-state index is 0.319. The van der Waals surface area contributed by atoms with Crippen LogP contribution in [0, 0.1) is 0 Å². The van der Waals surface area contributed by atoms with Crippen LogP contribution >= 0.6 is 0 Å². The molecule has 0 aromatic heterocycles. The first-order valence-corrected chi connectivity index (χ1v) is 11.5. The molecule has 6 nitrogen and oxygen atoms in total. The van der Waals surface area contributed by atoms with Gasteiger partial charge < -0.3 is 9.57 Å². The maximum atomic E-state index is 12.9. The van der Waals surface area contributed by atoms with E-state index in [2.05, 4.69) is 17.6 Å². The van der Waals surface area contributed by atoms with Crippen LogP contribution in [0.25, 0.3) is 21.5 Å². The molecule has 0 radical (unpaired) electrons. The molecule has 1 aliphatic rings. The molecule has 0 unspecified atom stereocenters. The summed E-state index contributed by atoms with van der Waals surface area (Å²) in [6.07, 6.45) is 0. The zero-order valence-corrected chi connectivity index (χ0v) is 19.9. The number of rotatable bonds is 4. The third-order valence-electron chi connectivity index (χ3n) is 6.07. The molecule has 0 saturated heterocycles. The lowest BCUT2D eigenvalue weighted by molar-refractivity contribution is 0.0926. The van der Waals surface area contributed by atoms with Gasteiger partial charge in [-0.25, -0.2) is 4.90 Å². The molecule has 0 saturated carbocycles. The van der Waals surface area contributed by atoms with Crippen LogP contribution in [0.1, 0.15) is 20.7 Å². The molecule has 0 bridgehead atoms. The number of benzene rings is 5. The summed E-state index contributed by atoms with van der Waals surface area (Å²) < 4.78 is 5.25. The van der Waals surface area contributed by atoms with Crippen molar-refractivity contribution in [1.82, 2.24) is 5.48 Å². The van der Waals surface area contributed by atoms with Crippen LogP contribution in [-0.4, -0.2) is 26.0 Å². The predicted octanol–water partition coefficient (Wildman–Crippen LogP) is 6.00. The van der Waals surface area contributed by atoms with Crippen molar-refractivity contribution >= 4 is 39.0 Å². The minimum atomic E-state index is -0.348. The minimum Gasteiger partial charge on any atom is -0.496 e. The SMILES string of the molecule is CNOc1cccc2ccccc12.COc1cccc2c1C(=O)N(c1cccc3ccccc13)C2=O. The van der Waals surface area contributed by atoms with Crippen molar-refractivity contribution in [2.45, 2.75) is 0 Å². The normalized spacial score (nSPS) is 12.3. The first kappa shape index (κ1) is 23.1. The first-order chi connectivity index (χ1) is 17.6. The van der Waals surface area contributed by atoms with E-state index < -0.39 is 0 Å². The van der Waals surface area contributed by atoms with Crippen molar-refractivity contribution in [3.8, 4) is 11.5 Å². The second-order valence-corrected chi connectivity index (χ2v) is 8.11. The molecule has 0 atom stereocenters. The number of nitrogens with one attached hydrogen (secondary N) is 1. The molecule has 1 heterocycles. The molecule has 1 aliphatic heterocycles. The number of carbonyl (C=O) groups excluding carboxylic acids is 2. The highest BCUT2D eigenvalue weighted by atomic mass is 16.6. The van der Waals surface area contributed by atoms with Gasteiger partial charge in [-0.05, 0) is 35.0 Å². The smallest absolute Gasteiger partial charge is 0.269 e. The number of ether oxygens (including phenoxy) is 1. The van der Waals surface area contributed by atoms with Gasteiger partial charge in [0.05, 0.1) is 23.9 Å². The number of hydrogen-bond donors (Lipinski definition) is 1. The number of hydrogen-bond acceptors (Lipinski definition) is 5. The van der Waals surface area contributed by atoms with Crippen LogP contribution in [0.2, 0.25) is 0 Å². The van der Waals surface area contributed by atoms with E-state index in [0.29, 0.717) is 22.6 Å². The highest BCUT2D eigenvalue weighted by Gasteiger charge is 2.39. The van der Waals surface area contributed by atoms with Crippen LogP contribution in [-0.2, 0) is 0 Å². The van der Waals surface area contributed by atoms with Crippen LogP contribution in [0.15, 0.2) is 103 Å². The molecule has 6 rings (SSSR count). The molecule has 2 amide bonds. The highest BCUT2D eigenvalue weighted by Crippen LogP contribution is 2.36. The molecule has 5 aromatic rings. The van der Waals surface area contributed by atoms with Crippen LogP contribution in [0.4, 0.5) is 5.69 Å². The number of imide groups is 1. The number of hydroxylamine groups is 1. The maximum Gasteiger partial charge on any atom is 0.269 e. The second-order valence-electron chi connectivity index (χ2n) is 8.11. The highest BCUT2D eigenvalue weighted by molar-refractivity contribution is 6.36. The fourth-order valence-electron chi connectivity index (χ4n) is 4.44. The Bertz CT molecular complexity index is 1580. The molecule has 0 aliphatic carbocycles. The van der Waals surface area contributed by atoms with E-state index in [1.54, 1.807) is 31.3 Å². The number of fused-ring (bicyclic) bond motifs is 3. The number of carbonyl (C=O) groups is 2. The third kappa shape index (κ3) is 4.04. The summed E-state index contributed by atoms with van der Waals surface area (Å²) in [5.41, 5.74) is 3.97. The molecular formula is C30H24N2O4. The second kappa shape index (κ2) is 9.90. The number of anilines is 1. The van der Waals surface area contributed by atoms with Gasteiger partial charge in [0.2, 0.25) is 0 Å². The van der Waals surface area contributed by atoms with Crippen molar-refractivity contribution in [3.63, 3.8) is 0 Å². The van der Waals surface area contributed by atoms with Crippen LogP contribution in [0.5, 0.6) is 11.5 Å². The first-order valence-electron chi connectivity index (χ1n) is 11.5. The van der Waals surface area contributed by atoms with Crippen LogP contribution < -0.4 is 20.0 Å². The Balaban J connectivity index is 0.000000174. The van der Waals surface area contributed by atoms with Gasteiger partial charge in [-0.15, -0.1) is 0 Å². The Morgan fingerprint density at radius 3 is 1.94 bits per heavy atom. The molecule has 36 heavy (non-hydrogen) atoms. The van der Waals surface area contributed by atoms with Gasteiger partial charge in [-0.2, -0.15) is 5.48 Å². The quantitative estimate of drug-likeness (QED) is 0.254. The molecular weight excluding hydrogens is 452 g/mol. The van der Waals surface area contributed by atoms with E-state index >= 15 is 0 Å². The van der Waals surface area contributed by atoms with Crippen LogP contribution in [0.3, 0.4) is 0 Å². The van der Waals surface area contributed by atoms with Gasteiger partial charge >= 0.3 is 0 Å². The molecule has 6 heteroatoms. The van der Waals surface area contributed by atoms with Gasteiger partial charge in [0, 0.05) is 17.8 Å². The average molecular weight is 477 g/mol. The molecule has 0 fully saturated rings. The Labute approximate surface area is 208 Å². The number of methoxy groups -OCH3 is 1. The fraction of sp³-hybridized carbons (Fsp3) is 0.0667. The number of nitrogens with zero attached hydrogens (tertiary/aromatic N) is 1. The third-order valence-corrected chi connectivity index (χ3v) is 6.07. The average Bonchev–Trinajstić information content (AvgIpc) is 3.18. The Kier molecular flexibility index (Phi) is 6.34. The van der Waals surface area contributed by atoms with Crippen molar-refractivity contribution < 1.29 is 19.2 Å². The van der Waals surface area contributed by atoms with Gasteiger partial charge in [-0.3, -0.25) is 9.59 Å². The number of amides is 2. The van der Waals surface area contributed by atoms with Gasteiger partial charge in [-0.1, -0.05) is 78.9 Å². The zero-order valence-electron chi connectivity index (χ0n) is 19.9. The van der Waals surface area contributed by atoms with Crippen molar-refractivity contribution in [1.29, 1.82) is 0 Å². The summed E-state index contributed by atoms with van der Waals surface area (Å²) in [6.45, 7) is 0. The monoisotopic (exact) mass is 476 g/mol. The van der Waals surface area contributed by atoms with Crippen molar-refractivity contribution in [3.05, 3.63) is 114 Å². The Morgan fingerprint density at radius 2 is 1.22 bits per heavy atom. The standard InChI is InChI=1S/C19H13NO3.C11H11NO/c1-23-16-11-5-9-14-17(16)19(22)20(18(14)21)15-10-4-7-12-6-2-3-8-13(12)15;1-12-13-11-8-4-6-9-5-2-3-7-10(9)11/h2-11H,1H3;2-8,12H,1H3. The van der Waals surface area contributed by atoms with E-state index in [1.807, 2.05) is 66.7 Å². The van der Waals surface area contributed by atoms with Crippen molar-refractivity contribution in [2.75, 3.05) is 19.1 Å². The summed E-state index contributed by atoms with van der Waals surface area (Å²) in [6, 6.07) is 32.5.